The van der Waals surface area contributed by atoms with Crippen LogP contribution in [0.5, 0.6) is 11.5 Å². The molecule has 1 atom stereocenters. The molecule has 1 aromatic carbocycles. The number of hydrogen-bond acceptors (Lipinski definition) is 5. The zero-order valence-electron chi connectivity index (χ0n) is 14.0. The molecule has 24 heavy (non-hydrogen) atoms. The lowest BCUT2D eigenvalue weighted by atomic mass is 10.1. The Balaban J connectivity index is 1.88. The van der Waals surface area contributed by atoms with E-state index in [2.05, 4.69) is 0 Å². The Kier molecular flexibility index (Phi) is 6.06. The van der Waals surface area contributed by atoms with Crippen molar-refractivity contribution in [2.75, 3.05) is 33.1 Å². The second-order valence-electron chi connectivity index (χ2n) is 6.01. The first-order valence-electron chi connectivity index (χ1n) is 7.81. The lowest BCUT2D eigenvalue weighted by Gasteiger charge is -2.16. The lowest BCUT2D eigenvalue weighted by molar-refractivity contribution is -0.130. The molecule has 2 rings (SSSR count). The fourth-order valence-electron chi connectivity index (χ4n) is 2.97. The minimum absolute atomic E-state index is 0.0294. The minimum Gasteiger partial charge on any atom is -0.493 e. The van der Waals surface area contributed by atoms with Crippen LogP contribution in [0.3, 0.4) is 0 Å². The predicted molar refractivity (Wildman–Crippen MR) is 90.5 cm³/mol. The first-order chi connectivity index (χ1) is 11.3. The van der Waals surface area contributed by atoms with Gasteiger partial charge in [0.25, 0.3) is 0 Å². The number of ether oxygens (including phenoxy) is 2. The highest BCUT2D eigenvalue weighted by Crippen LogP contribution is 2.28. The maximum atomic E-state index is 12.3. The first kappa shape index (κ1) is 18.5. The van der Waals surface area contributed by atoms with Crippen molar-refractivity contribution in [2.24, 2.45) is 11.1 Å². The number of likely N-dealkylation sites (tertiary alicyclic amines) is 1. The van der Waals surface area contributed by atoms with E-state index in [1.165, 1.54) is 0 Å². The molecule has 1 aliphatic rings. The van der Waals surface area contributed by atoms with Crippen molar-refractivity contribution in [1.82, 2.24) is 4.90 Å². The van der Waals surface area contributed by atoms with Crippen LogP contribution in [-0.2, 0) is 21.2 Å². The van der Waals surface area contributed by atoms with Crippen LogP contribution in [0.4, 0.5) is 0 Å². The van der Waals surface area contributed by atoms with Gasteiger partial charge in [-0.3, -0.25) is 4.79 Å². The van der Waals surface area contributed by atoms with E-state index < -0.39 is 10.0 Å². The van der Waals surface area contributed by atoms with E-state index >= 15 is 0 Å². The molecule has 1 amide bonds. The van der Waals surface area contributed by atoms with Crippen molar-refractivity contribution in [3.63, 3.8) is 0 Å². The summed E-state index contributed by atoms with van der Waals surface area (Å²) in [4.78, 5) is 14.0. The van der Waals surface area contributed by atoms with Crippen LogP contribution in [0.15, 0.2) is 18.2 Å². The monoisotopic (exact) mass is 356 g/mol. The SMILES string of the molecule is COc1ccc(CCC(=O)N2CC[C@H](CS(N)(=O)=O)C2)cc1OC. The van der Waals surface area contributed by atoms with Crippen molar-refractivity contribution in [3.8, 4) is 11.5 Å². The van der Waals surface area contributed by atoms with Crippen molar-refractivity contribution in [3.05, 3.63) is 23.8 Å². The lowest BCUT2D eigenvalue weighted by Crippen LogP contribution is -2.30. The number of nitrogens with zero attached hydrogens (tertiary/aromatic N) is 1. The summed E-state index contributed by atoms with van der Waals surface area (Å²) in [6.07, 6.45) is 1.64. The molecule has 134 valence electrons. The second-order valence-corrected chi connectivity index (χ2v) is 7.67. The molecule has 0 bridgehead atoms. The summed E-state index contributed by atoms with van der Waals surface area (Å²) in [5.74, 6) is 1.19. The fraction of sp³-hybridized carbons (Fsp3) is 0.562. The molecule has 0 saturated carbocycles. The average Bonchev–Trinajstić information content (AvgIpc) is 2.98. The van der Waals surface area contributed by atoms with E-state index in [1.54, 1.807) is 19.1 Å². The molecular formula is C16H24N2O5S. The second kappa shape index (κ2) is 7.85. The van der Waals surface area contributed by atoms with Gasteiger partial charge in [0.1, 0.15) is 0 Å². The first-order valence-corrected chi connectivity index (χ1v) is 9.53. The number of hydrogen-bond donors (Lipinski definition) is 1. The zero-order chi connectivity index (χ0) is 17.7. The van der Waals surface area contributed by atoms with Gasteiger partial charge < -0.3 is 14.4 Å². The third-order valence-corrected chi connectivity index (χ3v) is 5.12. The third-order valence-electron chi connectivity index (χ3n) is 4.18. The topological polar surface area (TPSA) is 98.9 Å². The van der Waals surface area contributed by atoms with E-state index in [0.717, 1.165) is 5.56 Å². The van der Waals surface area contributed by atoms with Gasteiger partial charge in [-0.25, -0.2) is 13.6 Å². The summed E-state index contributed by atoms with van der Waals surface area (Å²) < 4.78 is 32.7. The Morgan fingerprint density at radius 1 is 1.29 bits per heavy atom. The standard InChI is InChI=1S/C16H24N2O5S/c1-22-14-5-3-12(9-15(14)23-2)4-6-16(19)18-8-7-13(10-18)11-24(17,20)21/h3,5,9,13H,4,6-8,10-11H2,1-2H3,(H2,17,20,21)/t13-/m0/s1. The molecule has 1 heterocycles. The molecule has 1 fully saturated rings. The molecule has 0 aliphatic carbocycles. The van der Waals surface area contributed by atoms with Gasteiger partial charge in [-0.1, -0.05) is 6.07 Å². The van der Waals surface area contributed by atoms with Gasteiger partial charge in [0.15, 0.2) is 11.5 Å². The summed E-state index contributed by atoms with van der Waals surface area (Å²) in [5, 5.41) is 5.07. The van der Waals surface area contributed by atoms with Crippen LogP contribution in [-0.4, -0.2) is 52.3 Å². The normalized spacial score (nSPS) is 17.8. The van der Waals surface area contributed by atoms with Gasteiger partial charge >= 0.3 is 0 Å². The van der Waals surface area contributed by atoms with Crippen molar-refractivity contribution in [1.29, 1.82) is 0 Å². The Morgan fingerprint density at radius 3 is 2.62 bits per heavy atom. The smallest absolute Gasteiger partial charge is 0.222 e. The minimum atomic E-state index is -3.49. The Morgan fingerprint density at radius 2 is 2.00 bits per heavy atom. The number of carbonyl (C=O) groups is 1. The van der Waals surface area contributed by atoms with Gasteiger partial charge in [0.2, 0.25) is 15.9 Å². The fourth-order valence-corrected chi connectivity index (χ4v) is 3.90. The predicted octanol–water partition coefficient (Wildman–Crippen LogP) is 0.773. The number of methoxy groups -OCH3 is 2. The largest absolute Gasteiger partial charge is 0.493 e. The Bertz CT molecular complexity index is 690. The van der Waals surface area contributed by atoms with E-state index in [0.29, 0.717) is 43.9 Å². The number of primary sulfonamides is 1. The molecule has 0 radical (unpaired) electrons. The maximum Gasteiger partial charge on any atom is 0.222 e. The number of benzene rings is 1. The van der Waals surface area contributed by atoms with Gasteiger partial charge in [-0.2, -0.15) is 0 Å². The van der Waals surface area contributed by atoms with Gasteiger partial charge in [-0.15, -0.1) is 0 Å². The summed E-state index contributed by atoms with van der Waals surface area (Å²) in [5.41, 5.74) is 0.987. The number of sulfonamides is 1. The average molecular weight is 356 g/mol. The summed E-state index contributed by atoms with van der Waals surface area (Å²) in [6.45, 7) is 1.05. The molecule has 7 nitrogen and oxygen atoms in total. The van der Waals surface area contributed by atoms with Crippen molar-refractivity contribution in [2.45, 2.75) is 19.3 Å². The highest BCUT2D eigenvalue weighted by atomic mass is 32.2. The number of nitrogens with two attached hydrogens (primary N) is 1. The van der Waals surface area contributed by atoms with Crippen LogP contribution in [0.1, 0.15) is 18.4 Å². The van der Waals surface area contributed by atoms with E-state index in [1.807, 2.05) is 18.2 Å². The summed E-state index contributed by atoms with van der Waals surface area (Å²) >= 11 is 0. The third kappa shape index (κ3) is 5.10. The van der Waals surface area contributed by atoms with Crippen LogP contribution in [0.25, 0.3) is 0 Å². The highest BCUT2D eigenvalue weighted by molar-refractivity contribution is 7.89. The summed E-state index contributed by atoms with van der Waals surface area (Å²) in [7, 11) is -0.342. The van der Waals surface area contributed by atoms with Gasteiger partial charge in [-0.05, 0) is 36.5 Å². The van der Waals surface area contributed by atoms with Gasteiger partial charge in [0.05, 0.1) is 20.0 Å². The van der Waals surface area contributed by atoms with Crippen molar-refractivity contribution < 1.29 is 22.7 Å². The molecule has 0 aromatic heterocycles. The molecular weight excluding hydrogens is 332 g/mol. The van der Waals surface area contributed by atoms with E-state index in [-0.39, 0.29) is 17.6 Å². The summed E-state index contributed by atoms with van der Waals surface area (Å²) in [6, 6.07) is 5.58. The zero-order valence-corrected chi connectivity index (χ0v) is 14.8. The number of amides is 1. The maximum absolute atomic E-state index is 12.3. The van der Waals surface area contributed by atoms with E-state index in [4.69, 9.17) is 14.6 Å². The molecule has 2 N–H and O–H groups in total. The Labute approximate surface area is 142 Å². The van der Waals surface area contributed by atoms with Crippen molar-refractivity contribution >= 4 is 15.9 Å². The van der Waals surface area contributed by atoms with Crippen LogP contribution < -0.4 is 14.6 Å². The Hall–Kier alpha value is -1.80. The molecule has 1 aliphatic heterocycles. The number of rotatable bonds is 7. The molecule has 1 aromatic rings. The van der Waals surface area contributed by atoms with E-state index in [9.17, 15) is 13.2 Å². The number of carbonyl (C=O) groups excluding carboxylic acids is 1. The van der Waals surface area contributed by atoms with Gasteiger partial charge in [0, 0.05) is 19.5 Å². The van der Waals surface area contributed by atoms with Crippen LogP contribution in [0.2, 0.25) is 0 Å². The van der Waals surface area contributed by atoms with Crippen LogP contribution in [0, 0.1) is 5.92 Å². The molecule has 0 unspecified atom stereocenters. The quantitative estimate of drug-likeness (QED) is 0.778. The molecule has 0 spiro atoms. The van der Waals surface area contributed by atoms with Crippen LogP contribution >= 0.6 is 0 Å². The number of aryl methyl sites for hydroxylation is 1. The molecule has 1 saturated heterocycles. The highest BCUT2D eigenvalue weighted by Gasteiger charge is 2.28. The molecule has 8 heteroatoms.